The van der Waals surface area contributed by atoms with Crippen molar-refractivity contribution in [3.05, 3.63) is 23.8 Å². The van der Waals surface area contributed by atoms with Crippen LogP contribution in [-0.4, -0.2) is 12.6 Å². The van der Waals surface area contributed by atoms with Crippen molar-refractivity contribution in [1.29, 1.82) is 0 Å². The van der Waals surface area contributed by atoms with Crippen LogP contribution in [0.1, 0.15) is 161 Å². The van der Waals surface area contributed by atoms with Gasteiger partial charge in [-0.25, -0.2) is 4.79 Å². The molecule has 0 N–H and O–H groups in total. The maximum absolute atomic E-state index is 11.7. The Morgan fingerprint density at radius 3 is 1.49 bits per heavy atom. The Morgan fingerprint density at radius 1 is 0.771 bits per heavy atom. The molecule has 1 unspecified atom stereocenters. The first-order valence-corrected chi connectivity index (χ1v) is 14.8. The Bertz CT molecular complexity index is 372. The van der Waals surface area contributed by atoms with Gasteiger partial charge in [0.25, 0.3) is 0 Å². The van der Waals surface area contributed by atoms with Gasteiger partial charge >= 0.3 is 5.97 Å². The highest BCUT2D eigenvalue weighted by molar-refractivity contribution is 5.91. The van der Waals surface area contributed by atoms with Gasteiger partial charge in [-0.3, -0.25) is 0 Å². The number of allylic oxidation sites excluding steroid dienone is 2. The quantitative estimate of drug-likeness (QED) is 0.0878. The van der Waals surface area contributed by atoms with Crippen LogP contribution in [0.5, 0.6) is 0 Å². The van der Waals surface area contributed by atoms with Crippen molar-refractivity contribution in [2.75, 3.05) is 6.61 Å². The van der Waals surface area contributed by atoms with E-state index in [2.05, 4.69) is 54.4 Å². The highest BCUT2D eigenvalue weighted by Crippen LogP contribution is 2.10. The Kier molecular flexibility index (Phi) is 91.7. The van der Waals surface area contributed by atoms with Crippen molar-refractivity contribution in [2.45, 2.75) is 161 Å². The lowest BCUT2D eigenvalue weighted by Gasteiger charge is -2.08. The van der Waals surface area contributed by atoms with Gasteiger partial charge in [0.05, 0.1) is 12.2 Å². The molecule has 0 radical (unpaired) electrons. The molecule has 0 aliphatic rings. The van der Waals surface area contributed by atoms with Crippen LogP contribution in [0.25, 0.3) is 0 Å². The summed E-state index contributed by atoms with van der Waals surface area (Å²) in [5.41, 5.74) is 0.649. The largest absolute Gasteiger partial charge is 0.462 e. The van der Waals surface area contributed by atoms with Crippen molar-refractivity contribution < 1.29 is 9.53 Å². The minimum Gasteiger partial charge on any atom is -0.462 e. The molecule has 0 aromatic carbocycles. The average molecular weight is 499 g/mol. The van der Waals surface area contributed by atoms with Crippen LogP contribution in [0, 0.1) is 18.8 Å². The second-order valence-electron chi connectivity index (χ2n) is 7.05. The number of unbranched alkanes of at least 4 members (excludes halogenated alkanes) is 4. The molecule has 0 heterocycles. The maximum atomic E-state index is 11.7. The van der Waals surface area contributed by atoms with Gasteiger partial charge in [-0.1, -0.05) is 153 Å². The molecule has 2 nitrogen and oxygen atoms in total. The van der Waals surface area contributed by atoms with E-state index in [-0.39, 0.29) is 5.97 Å². The van der Waals surface area contributed by atoms with E-state index in [1.807, 2.05) is 67.5 Å². The number of hydrogen-bond acceptors (Lipinski definition) is 2. The van der Waals surface area contributed by atoms with Gasteiger partial charge in [0.2, 0.25) is 0 Å². The standard InChI is InChI=1S/C15H26O2.C6H14.C4H10.3C2H6.C2H2/c1-5-8-11-14(7-3)15(16)17-12-9-10-13(4)6-2;1-3-5-6-4-2;1-3-4-2;4*1-2/h7-8,11,13H,5-6,9-10,12H2,1-4H3;3-6H2,1-2H3;3-4H2,1-2H3;3*1-2H3;1-2H/b11-8-,14-7+;;;;;;. The van der Waals surface area contributed by atoms with Gasteiger partial charge in [0, 0.05) is 0 Å². The second kappa shape index (κ2) is 63.7. The number of carbonyl (C=O) groups is 1. The van der Waals surface area contributed by atoms with E-state index in [0.717, 1.165) is 25.2 Å². The lowest BCUT2D eigenvalue weighted by atomic mass is 10.0. The normalized spacial score (nSPS) is 9.77. The maximum Gasteiger partial charge on any atom is 0.337 e. The average Bonchev–Trinajstić information content (AvgIpc) is 2.95. The van der Waals surface area contributed by atoms with Gasteiger partial charge in [-0.05, 0) is 32.1 Å². The molecule has 0 aromatic rings. The zero-order valence-electron chi connectivity index (χ0n) is 27.1. The molecule has 0 saturated heterocycles. The third-order valence-electron chi connectivity index (χ3n) is 4.31. The van der Waals surface area contributed by atoms with Gasteiger partial charge in [0.15, 0.2) is 0 Å². The Labute approximate surface area is 225 Å². The lowest BCUT2D eigenvalue weighted by Crippen LogP contribution is -2.08. The van der Waals surface area contributed by atoms with Gasteiger partial charge in [0.1, 0.15) is 0 Å². The summed E-state index contributed by atoms with van der Waals surface area (Å²) < 4.78 is 5.23. The van der Waals surface area contributed by atoms with Crippen LogP contribution in [0.3, 0.4) is 0 Å². The fourth-order valence-corrected chi connectivity index (χ4v) is 1.91. The third kappa shape index (κ3) is 65.4. The minimum absolute atomic E-state index is 0.207. The third-order valence-corrected chi connectivity index (χ3v) is 4.31. The summed E-state index contributed by atoms with van der Waals surface area (Å²) in [7, 11) is 0. The summed E-state index contributed by atoms with van der Waals surface area (Å²) >= 11 is 0. The summed E-state index contributed by atoms with van der Waals surface area (Å²) in [6.45, 7) is 29.7. The lowest BCUT2D eigenvalue weighted by molar-refractivity contribution is -0.138. The molecule has 0 aromatic heterocycles. The Morgan fingerprint density at radius 2 is 1.20 bits per heavy atom. The van der Waals surface area contributed by atoms with E-state index in [1.165, 1.54) is 44.9 Å². The highest BCUT2D eigenvalue weighted by Gasteiger charge is 2.06. The Hall–Kier alpha value is -1.49. The summed E-state index contributed by atoms with van der Waals surface area (Å²) in [6.07, 6.45) is 26.0. The Balaban J connectivity index is -0.0000000716. The first-order chi connectivity index (χ1) is 17.0. The van der Waals surface area contributed by atoms with Crippen LogP contribution in [0.4, 0.5) is 0 Å². The molecular formula is C33H70O2. The first kappa shape index (κ1) is 50.4. The van der Waals surface area contributed by atoms with Crippen LogP contribution < -0.4 is 0 Å². The second-order valence-corrected chi connectivity index (χ2v) is 7.05. The van der Waals surface area contributed by atoms with Crippen molar-refractivity contribution in [2.24, 2.45) is 5.92 Å². The fourth-order valence-electron chi connectivity index (χ4n) is 1.91. The number of rotatable bonds is 12. The van der Waals surface area contributed by atoms with Crippen LogP contribution >= 0.6 is 0 Å². The molecule has 0 fully saturated rings. The van der Waals surface area contributed by atoms with E-state index in [4.69, 9.17) is 4.74 Å². The number of hydrogen-bond donors (Lipinski definition) is 0. The molecule has 0 saturated carbocycles. The molecular weight excluding hydrogens is 428 g/mol. The van der Waals surface area contributed by atoms with E-state index >= 15 is 0 Å². The SMILES string of the molecule is C#C.C/C=C(\C=C/CC)C(=O)OCCCC(C)CC.CC.CC.CC.CCCC.CCCCCC. The minimum atomic E-state index is -0.207. The number of carbonyl (C=O) groups excluding carboxylic acids is 1. The van der Waals surface area contributed by atoms with Gasteiger partial charge in [-0.2, -0.15) is 0 Å². The zero-order valence-corrected chi connectivity index (χ0v) is 27.1. The molecule has 0 aliphatic heterocycles. The van der Waals surface area contributed by atoms with Crippen molar-refractivity contribution in [1.82, 2.24) is 0 Å². The molecule has 0 amide bonds. The predicted molar refractivity (Wildman–Crippen MR) is 167 cm³/mol. The summed E-state index contributed by atoms with van der Waals surface area (Å²) in [5.74, 6) is 0.510. The van der Waals surface area contributed by atoms with Crippen molar-refractivity contribution >= 4 is 5.97 Å². The van der Waals surface area contributed by atoms with Gasteiger partial charge < -0.3 is 4.74 Å². The number of ether oxygens (including phenoxy) is 1. The molecule has 0 aliphatic carbocycles. The highest BCUT2D eigenvalue weighted by atomic mass is 16.5. The van der Waals surface area contributed by atoms with E-state index in [9.17, 15) is 4.79 Å². The van der Waals surface area contributed by atoms with Crippen LogP contribution in [0.2, 0.25) is 0 Å². The predicted octanol–water partition coefficient (Wildman–Crippen LogP) is 12.0. The zero-order chi connectivity index (χ0) is 29.3. The van der Waals surface area contributed by atoms with E-state index in [1.54, 1.807) is 6.08 Å². The smallest absolute Gasteiger partial charge is 0.337 e. The monoisotopic (exact) mass is 499 g/mol. The van der Waals surface area contributed by atoms with Crippen LogP contribution in [-0.2, 0) is 9.53 Å². The first-order valence-electron chi connectivity index (χ1n) is 14.8. The molecule has 1 atom stereocenters. The summed E-state index contributed by atoms with van der Waals surface area (Å²) in [5, 5.41) is 0. The topological polar surface area (TPSA) is 26.3 Å². The van der Waals surface area contributed by atoms with Gasteiger partial charge in [-0.15, -0.1) is 12.8 Å². The van der Waals surface area contributed by atoms with Crippen molar-refractivity contribution in [3.8, 4) is 12.8 Å². The number of terminal acetylenes is 1. The molecule has 2 heteroatoms. The molecule has 214 valence electrons. The van der Waals surface area contributed by atoms with Crippen LogP contribution in [0.15, 0.2) is 23.8 Å². The number of esters is 1. The summed E-state index contributed by atoms with van der Waals surface area (Å²) in [6, 6.07) is 0. The van der Waals surface area contributed by atoms with Crippen molar-refractivity contribution in [3.63, 3.8) is 0 Å². The van der Waals surface area contributed by atoms with E-state index < -0.39 is 0 Å². The fraction of sp³-hybridized carbons (Fsp3) is 0.788. The molecule has 0 rings (SSSR count). The summed E-state index contributed by atoms with van der Waals surface area (Å²) in [4.78, 5) is 11.7. The molecule has 35 heavy (non-hydrogen) atoms. The molecule has 0 spiro atoms. The van der Waals surface area contributed by atoms with E-state index in [0.29, 0.717) is 12.2 Å². The molecule has 0 bridgehead atoms.